The van der Waals surface area contributed by atoms with Gasteiger partial charge in [-0.1, -0.05) is 0 Å². The smallest absolute Gasteiger partial charge is 0.328 e. The van der Waals surface area contributed by atoms with Crippen LogP contribution in [-0.4, -0.2) is 17.7 Å². The molecule has 0 saturated carbocycles. The van der Waals surface area contributed by atoms with Gasteiger partial charge in [-0.15, -0.1) is 0 Å². The number of halogens is 2. The van der Waals surface area contributed by atoms with Crippen LogP contribution >= 0.6 is 15.9 Å². The standard InChI is InChI=1S/C10H8BrFO3/c11-8-6-7(3-4-9(8)12)15-5-1-2-10(13)14/h1-4,6H,5H2,(H,13,14)/b2-1+. The van der Waals surface area contributed by atoms with Gasteiger partial charge in [0.2, 0.25) is 0 Å². The third kappa shape index (κ3) is 4.12. The van der Waals surface area contributed by atoms with Crippen LogP contribution in [0.15, 0.2) is 34.8 Å². The van der Waals surface area contributed by atoms with E-state index in [1.807, 2.05) is 0 Å². The lowest BCUT2D eigenvalue weighted by Gasteiger charge is -2.03. The average molecular weight is 275 g/mol. The first-order chi connectivity index (χ1) is 7.09. The number of hydrogen-bond donors (Lipinski definition) is 1. The van der Waals surface area contributed by atoms with E-state index in [-0.39, 0.29) is 12.4 Å². The lowest BCUT2D eigenvalue weighted by molar-refractivity contribution is -0.131. The zero-order chi connectivity index (χ0) is 11.3. The Morgan fingerprint density at radius 1 is 1.60 bits per heavy atom. The Balaban J connectivity index is 2.51. The van der Waals surface area contributed by atoms with Crippen molar-refractivity contribution in [2.75, 3.05) is 6.61 Å². The van der Waals surface area contributed by atoms with E-state index in [9.17, 15) is 9.18 Å². The Morgan fingerprint density at radius 2 is 2.33 bits per heavy atom. The van der Waals surface area contributed by atoms with Crippen LogP contribution < -0.4 is 4.74 Å². The van der Waals surface area contributed by atoms with Crippen molar-refractivity contribution in [3.63, 3.8) is 0 Å². The first-order valence-electron chi connectivity index (χ1n) is 4.07. The Morgan fingerprint density at radius 3 is 2.93 bits per heavy atom. The van der Waals surface area contributed by atoms with Gasteiger partial charge in [0.25, 0.3) is 0 Å². The van der Waals surface area contributed by atoms with Crippen LogP contribution in [0.1, 0.15) is 0 Å². The van der Waals surface area contributed by atoms with E-state index in [2.05, 4.69) is 15.9 Å². The summed E-state index contributed by atoms with van der Waals surface area (Å²) in [4.78, 5) is 10.1. The van der Waals surface area contributed by atoms with Gasteiger partial charge in [-0.05, 0) is 40.2 Å². The lowest BCUT2D eigenvalue weighted by Crippen LogP contribution is -1.95. The second-order valence-corrected chi connectivity index (χ2v) is 3.48. The van der Waals surface area contributed by atoms with Gasteiger partial charge < -0.3 is 9.84 Å². The molecule has 5 heteroatoms. The van der Waals surface area contributed by atoms with Crippen molar-refractivity contribution in [2.45, 2.75) is 0 Å². The molecule has 0 bridgehead atoms. The minimum atomic E-state index is -1.03. The molecule has 0 radical (unpaired) electrons. The van der Waals surface area contributed by atoms with Crippen LogP contribution in [0.25, 0.3) is 0 Å². The monoisotopic (exact) mass is 274 g/mol. The van der Waals surface area contributed by atoms with Crippen molar-refractivity contribution in [2.24, 2.45) is 0 Å². The highest BCUT2D eigenvalue weighted by atomic mass is 79.9. The molecule has 1 rings (SSSR count). The van der Waals surface area contributed by atoms with E-state index in [0.717, 1.165) is 6.08 Å². The van der Waals surface area contributed by atoms with Gasteiger partial charge in [-0.2, -0.15) is 0 Å². The van der Waals surface area contributed by atoms with Gasteiger partial charge in [0, 0.05) is 6.08 Å². The van der Waals surface area contributed by atoms with Crippen molar-refractivity contribution in [3.05, 3.63) is 40.6 Å². The second-order valence-electron chi connectivity index (χ2n) is 2.63. The quantitative estimate of drug-likeness (QED) is 0.859. The molecule has 0 aliphatic rings. The van der Waals surface area contributed by atoms with Crippen molar-refractivity contribution in [1.29, 1.82) is 0 Å². The minimum Gasteiger partial charge on any atom is -0.489 e. The predicted molar refractivity (Wildman–Crippen MR) is 56.4 cm³/mol. The maximum absolute atomic E-state index is 12.8. The third-order valence-corrected chi connectivity index (χ3v) is 2.11. The molecule has 0 unspecified atom stereocenters. The molecule has 0 amide bonds. The molecule has 0 spiro atoms. The largest absolute Gasteiger partial charge is 0.489 e. The molecule has 15 heavy (non-hydrogen) atoms. The molecular formula is C10H8BrFO3. The number of carboxylic acids is 1. The molecule has 3 nitrogen and oxygen atoms in total. The number of aliphatic carboxylic acids is 1. The van der Waals surface area contributed by atoms with Crippen LogP contribution in [-0.2, 0) is 4.79 Å². The summed E-state index contributed by atoms with van der Waals surface area (Å²) in [7, 11) is 0. The number of carbonyl (C=O) groups is 1. The summed E-state index contributed by atoms with van der Waals surface area (Å²) in [6, 6.07) is 4.21. The molecule has 0 heterocycles. The summed E-state index contributed by atoms with van der Waals surface area (Å²) in [6.07, 6.45) is 2.35. The predicted octanol–water partition coefficient (Wildman–Crippen LogP) is 2.61. The highest BCUT2D eigenvalue weighted by Gasteiger charge is 2.00. The lowest BCUT2D eigenvalue weighted by atomic mass is 10.3. The summed E-state index contributed by atoms with van der Waals surface area (Å²) in [6.45, 7) is 0.129. The SMILES string of the molecule is O=C(O)/C=C/COc1ccc(F)c(Br)c1. The Hall–Kier alpha value is -1.36. The van der Waals surface area contributed by atoms with Crippen LogP contribution in [0.4, 0.5) is 4.39 Å². The number of ether oxygens (including phenoxy) is 1. The van der Waals surface area contributed by atoms with Gasteiger partial charge in [-0.25, -0.2) is 9.18 Å². The van der Waals surface area contributed by atoms with Crippen LogP contribution in [0, 0.1) is 5.82 Å². The normalized spacial score (nSPS) is 10.5. The van der Waals surface area contributed by atoms with E-state index < -0.39 is 5.97 Å². The van der Waals surface area contributed by atoms with Crippen molar-refractivity contribution in [3.8, 4) is 5.75 Å². The van der Waals surface area contributed by atoms with Gasteiger partial charge in [-0.3, -0.25) is 0 Å². The molecule has 0 aliphatic carbocycles. The maximum Gasteiger partial charge on any atom is 0.328 e. The van der Waals surface area contributed by atoms with Gasteiger partial charge in [0.05, 0.1) is 4.47 Å². The fraction of sp³-hybridized carbons (Fsp3) is 0.100. The summed E-state index contributed by atoms with van der Waals surface area (Å²) in [5.41, 5.74) is 0. The van der Waals surface area contributed by atoms with E-state index in [4.69, 9.17) is 9.84 Å². The molecule has 0 atom stereocenters. The summed E-state index contributed by atoms with van der Waals surface area (Å²) < 4.78 is 18.3. The highest BCUT2D eigenvalue weighted by Crippen LogP contribution is 2.21. The van der Waals surface area contributed by atoms with Crippen molar-refractivity contribution < 1.29 is 19.0 Å². The number of rotatable bonds is 4. The average Bonchev–Trinajstić information content (AvgIpc) is 2.18. The van der Waals surface area contributed by atoms with Gasteiger partial charge in [0.1, 0.15) is 18.2 Å². The zero-order valence-electron chi connectivity index (χ0n) is 7.61. The summed E-state index contributed by atoms with van der Waals surface area (Å²) in [5, 5.41) is 8.29. The molecule has 80 valence electrons. The third-order valence-electron chi connectivity index (χ3n) is 1.50. The molecule has 0 saturated heterocycles. The van der Waals surface area contributed by atoms with E-state index >= 15 is 0 Å². The first-order valence-corrected chi connectivity index (χ1v) is 4.86. The highest BCUT2D eigenvalue weighted by molar-refractivity contribution is 9.10. The van der Waals surface area contributed by atoms with Gasteiger partial charge >= 0.3 is 5.97 Å². The fourth-order valence-electron chi connectivity index (χ4n) is 0.860. The van der Waals surface area contributed by atoms with E-state index in [1.165, 1.54) is 24.3 Å². The number of hydrogen-bond acceptors (Lipinski definition) is 2. The molecule has 0 aromatic heterocycles. The zero-order valence-corrected chi connectivity index (χ0v) is 9.20. The number of benzene rings is 1. The number of carboxylic acid groups (broad SMARTS) is 1. The molecule has 1 N–H and O–H groups in total. The summed E-state index contributed by atoms with van der Waals surface area (Å²) >= 11 is 3.01. The summed E-state index contributed by atoms with van der Waals surface area (Å²) in [5.74, 6) is -0.930. The van der Waals surface area contributed by atoms with Gasteiger partial charge in [0.15, 0.2) is 0 Å². The molecule has 0 fully saturated rings. The van der Waals surface area contributed by atoms with Crippen LogP contribution in [0.2, 0.25) is 0 Å². The van der Waals surface area contributed by atoms with E-state index in [0.29, 0.717) is 10.2 Å². The molecular weight excluding hydrogens is 267 g/mol. The Bertz CT molecular complexity index is 390. The molecule has 1 aromatic rings. The fourth-order valence-corrected chi connectivity index (χ4v) is 1.22. The Labute approximate surface area is 94.3 Å². The van der Waals surface area contributed by atoms with Crippen molar-refractivity contribution in [1.82, 2.24) is 0 Å². The van der Waals surface area contributed by atoms with Crippen molar-refractivity contribution >= 4 is 21.9 Å². The van der Waals surface area contributed by atoms with Crippen LogP contribution in [0.5, 0.6) is 5.75 Å². The minimum absolute atomic E-state index is 0.129. The molecule has 1 aromatic carbocycles. The van der Waals surface area contributed by atoms with E-state index in [1.54, 1.807) is 0 Å². The topological polar surface area (TPSA) is 46.5 Å². The van der Waals surface area contributed by atoms with Crippen LogP contribution in [0.3, 0.4) is 0 Å². The molecule has 0 aliphatic heterocycles. The Kier molecular flexibility index (Phi) is 4.30. The first kappa shape index (κ1) is 11.7. The second kappa shape index (κ2) is 5.50. The maximum atomic E-state index is 12.8.